The Morgan fingerprint density at radius 1 is 1.04 bits per heavy atom. The number of hydrogen-bond acceptors (Lipinski definition) is 8. The van der Waals surface area contributed by atoms with E-state index in [4.69, 9.17) is 10.00 Å². The van der Waals surface area contributed by atoms with Crippen molar-refractivity contribution in [1.29, 1.82) is 5.26 Å². The number of methoxy groups -OCH3 is 1. The van der Waals surface area contributed by atoms with Gasteiger partial charge >= 0.3 is 12.0 Å². The number of imide groups is 1. The molecule has 0 aliphatic carbocycles. The van der Waals surface area contributed by atoms with Gasteiger partial charge in [0.05, 0.1) is 43.7 Å². The van der Waals surface area contributed by atoms with E-state index in [-0.39, 0.29) is 19.5 Å². The van der Waals surface area contributed by atoms with Gasteiger partial charge in [0.2, 0.25) is 5.91 Å². The van der Waals surface area contributed by atoms with Gasteiger partial charge in [-0.2, -0.15) is 17.0 Å². The molecular weight excluding hydrogens is 604 g/mol. The van der Waals surface area contributed by atoms with Gasteiger partial charge in [0.1, 0.15) is 12.1 Å². The normalized spacial score (nSPS) is 15.2. The summed E-state index contributed by atoms with van der Waals surface area (Å²) in [6.45, 7) is 0.488. The SMILES string of the molecule is COC(=O)[C@H](CCSC)NC(=O)CC1C(=O)N(Cc2cncn2Cc2ccc(C#N)cc2)C(=O)N1Cc1cccc2ccccc12. The highest BCUT2D eigenvalue weighted by molar-refractivity contribution is 7.98. The van der Waals surface area contributed by atoms with Crippen LogP contribution in [-0.4, -0.2) is 74.4 Å². The Morgan fingerprint density at radius 2 is 1.80 bits per heavy atom. The molecular formula is C34H34N6O5S. The van der Waals surface area contributed by atoms with Crippen LogP contribution in [0.4, 0.5) is 4.79 Å². The maximum absolute atomic E-state index is 14.0. The fourth-order valence-electron chi connectivity index (χ4n) is 5.55. The first-order valence-corrected chi connectivity index (χ1v) is 16.1. The number of hydrogen-bond donors (Lipinski definition) is 1. The summed E-state index contributed by atoms with van der Waals surface area (Å²) in [6, 6.07) is 20.3. The number of urea groups is 1. The summed E-state index contributed by atoms with van der Waals surface area (Å²) in [6.07, 6.45) is 5.18. The van der Waals surface area contributed by atoms with Crippen molar-refractivity contribution >= 4 is 46.3 Å². The van der Waals surface area contributed by atoms with E-state index in [1.54, 1.807) is 24.7 Å². The number of esters is 1. The van der Waals surface area contributed by atoms with Gasteiger partial charge in [-0.05, 0) is 52.5 Å². The molecule has 1 aromatic heterocycles. The number of nitriles is 1. The second-order valence-electron chi connectivity index (χ2n) is 10.9. The molecule has 1 unspecified atom stereocenters. The number of rotatable bonds is 13. The highest BCUT2D eigenvalue weighted by atomic mass is 32.2. The topological polar surface area (TPSA) is 138 Å². The average Bonchev–Trinajstić information content (AvgIpc) is 3.60. The zero-order valence-electron chi connectivity index (χ0n) is 25.6. The third-order valence-electron chi connectivity index (χ3n) is 7.99. The summed E-state index contributed by atoms with van der Waals surface area (Å²) in [5.74, 6) is -0.984. The van der Waals surface area contributed by atoms with Gasteiger partial charge in [0, 0.05) is 19.3 Å². The Bertz CT molecular complexity index is 1780. The third kappa shape index (κ3) is 7.21. The second kappa shape index (κ2) is 14.8. The molecule has 1 saturated heterocycles. The number of fused-ring (bicyclic) bond motifs is 1. The number of carbonyl (C=O) groups excluding carboxylic acids is 4. The van der Waals surface area contributed by atoms with E-state index in [2.05, 4.69) is 16.4 Å². The van der Waals surface area contributed by atoms with Crippen molar-refractivity contribution in [3.63, 3.8) is 0 Å². The van der Waals surface area contributed by atoms with Crippen molar-refractivity contribution < 1.29 is 23.9 Å². The first-order valence-electron chi connectivity index (χ1n) is 14.8. The van der Waals surface area contributed by atoms with Crippen molar-refractivity contribution in [2.45, 2.75) is 44.6 Å². The standard InChI is InChI=1S/C34H34N6O5S/c1-45-33(43)29(14-15-46-2)37-31(41)16-30-32(42)40(21-27-18-36-22-38(27)19-24-12-10-23(17-35)11-13-24)34(44)39(30)20-26-8-5-7-25-6-3-4-9-28(25)26/h3-13,18,22,29-30H,14-16,19-21H2,1-2H3,(H,37,41)/t29-,30?/m0/s1. The van der Waals surface area contributed by atoms with E-state index >= 15 is 0 Å². The van der Waals surface area contributed by atoms with Crippen LogP contribution in [0.3, 0.4) is 0 Å². The molecule has 0 saturated carbocycles. The molecule has 0 spiro atoms. The molecule has 1 fully saturated rings. The minimum absolute atomic E-state index is 0.0450. The van der Waals surface area contributed by atoms with E-state index in [0.717, 1.165) is 26.8 Å². The quantitative estimate of drug-likeness (QED) is 0.171. The third-order valence-corrected chi connectivity index (χ3v) is 8.63. The number of benzene rings is 3. The Hall–Kier alpha value is -5.15. The minimum atomic E-state index is -1.08. The number of ether oxygens (including phenoxy) is 1. The molecule has 1 N–H and O–H groups in total. The average molecular weight is 639 g/mol. The fourth-order valence-corrected chi connectivity index (χ4v) is 6.02. The predicted octanol–water partition coefficient (Wildman–Crippen LogP) is 4.09. The summed E-state index contributed by atoms with van der Waals surface area (Å²) in [5.41, 5.74) is 2.94. The van der Waals surface area contributed by atoms with Gasteiger partial charge in [0.15, 0.2) is 0 Å². The van der Waals surface area contributed by atoms with Crippen LogP contribution < -0.4 is 5.32 Å². The summed E-state index contributed by atoms with van der Waals surface area (Å²) in [5, 5.41) is 13.8. The summed E-state index contributed by atoms with van der Waals surface area (Å²) in [7, 11) is 1.26. The molecule has 1 aliphatic heterocycles. The molecule has 0 bridgehead atoms. The van der Waals surface area contributed by atoms with Crippen molar-refractivity contribution in [1.82, 2.24) is 24.7 Å². The smallest absolute Gasteiger partial charge is 0.328 e. The van der Waals surface area contributed by atoms with Crippen LogP contribution in [0.25, 0.3) is 10.8 Å². The molecule has 11 nitrogen and oxygen atoms in total. The maximum Gasteiger partial charge on any atom is 0.328 e. The Balaban J connectivity index is 1.40. The maximum atomic E-state index is 14.0. The number of nitrogens with one attached hydrogen (secondary N) is 1. The summed E-state index contributed by atoms with van der Waals surface area (Å²) in [4.78, 5) is 60.5. The number of thioether (sulfide) groups is 1. The van der Waals surface area contributed by atoms with Crippen LogP contribution in [0.2, 0.25) is 0 Å². The highest BCUT2D eigenvalue weighted by Gasteiger charge is 2.46. The number of imidazole rings is 1. The first-order chi connectivity index (χ1) is 22.3. The monoisotopic (exact) mass is 638 g/mol. The van der Waals surface area contributed by atoms with Gasteiger partial charge in [-0.3, -0.25) is 14.5 Å². The van der Waals surface area contributed by atoms with Crippen molar-refractivity contribution in [2.24, 2.45) is 0 Å². The van der Waals surface area contributed by atoms with Gasteiger partial charge in [-0.25, -0.2) is 14.6 Å². The van der Waals surface area contributed by atoms with E-state index < -0.39 is 35.9 Å². The number of carbonyl (C=O) groups is 4. The van der Waals surface area contributed by atoms with E-state index in [1.807, 2.05) is 65.4 Å². The molecule has 4 aromatic rings. The van der Waals surface area contributed by atoms with Crippen LogP contribution in [-0.2, 0) is 38.8 Å². The van der Waals surface area contributed by atoms with Crippen LogP contribution >= 0.6 is 11.8 Å². The van der Waals surface area contributed by atoms with E-state index in [1.165, 1.54) is 23.8 Å². The summed E-state index contributed by atoms with van der Waals surface area (Å²) < 4.78 is 6.71. The van der Waals surface area contributed by atoms with Gasteiger partial charge in [-0.1, -0.05) is 54.6 Å². The Morgan fingerprint density at radius 3 is 2.54 bits per heavy atom. The van der Waals surface area contributed by atoms with Crippen LogP contribution in [0.15, 0.2) is 79.3 Å². The molecule has 2 atom stereocenters. The van der Waals surface area contributed by atoms with Gasteiger partial charge in [0.25, 0.3) is 5.91 Å². The van der Waals surface area contributed by atoms with Gasteiger partial charge < -0.3 is 19.5 Å². The molecule has 4 amide bonds. The molecule has 46 heavy (non-hydrogen) atoms. The Labute approximate surface area is 271 Å². The highest BCUT2D eigenvalue weighted by Crippen LogP contribution is 2.28. The molecule has 236 valence electrons. The van der Waals surface area contributed by atoms with Gasteiger partial charge in [-0.15, -0.1) is 0 Å². The van der Waals surface area contributed by atoms with Crippen molar-refractivity contribution in [3.8, 4) is 6.07 Å². The van der Waals surface area contributed by atoms with E-state index in [9.17, 15) is 19.2 Å². The van der Waals surface area contributed by atoms with Crippen LogP contribution in [0, 0.1) is 11.3 Å². The lowest BCUT2D eigenvalue weighted by Gasteiger charge is -2.23. The van der Waals surface area contributed by atoms with Crippen molar-refractivity contribution in [2.75, 3.05) is 19.1 Å². The minimum Gasteiger partial charge on any atom is -0.467 e. The largest absolute Gasteiger partial charge is 0.467 e. The molecule has 3 aromatic carbocycles. The molecule has 1 aliphatic rings. The fraction of sp³-hybridized carbons (Fsp3) is 0.294. The number of nitrogens with zero attached hydrogens (tertiary/aromatic N) is 5. The number of aromatic nitrogens is 2. The van der Waals surface area contributed by atoms with Crippen molar-refractivity contribution in [3.05, 3.63) is 102 Å². The second-order valence-corrected chi connectivity index (χ2v) is 11.9. The predicted molar refractivity (Wildman–Crippen MR) is 173 cm³/mol. The number of amides is 4. The zero-order valence-corrected chi connectivity index (χ0v) is 26.4. The van der Waals surface area contributed by atoms with Crippen LogP contribution in [0.5, 0.6) is 0 Å². The lowest BCUT2D eigenvalue weighted by molar-refractivity contribution is -0.145. The molecule has 0 radical (unpaired) electrons. The first kappa shape index (κ1) is 32.2. The summed E-state index contributed by atoms with van der Waals surface area (Å²) >= 11 is 1.53. The molecule has 2 heterocycles. The molecule has 12 heteroatoms. The lowest BCUT2D eigenvalue weighted by Crippen LogP contribution is -2.45. The molecule has 5 rings (SSSR count). The lowest BCUT2D eigenvalue weighted by atomic mass is 10.0. The van der Waals surface area contributed by atoms with E-state index in [0.29, 0.717) is 30.0 Å². The zero-order chi connectivity index (χ0) is 32.6. The Kier molecular flexibility index (Phi) is 10.3. The van der Waals surface area contributed by atoms with Crippen LogP contribution in [0.1, 0.15) is 35.2 Å².